The van der Waals surface area contributed by atoms with Gasteiger partial charge in [0.1, 0.15) is 6.07 Å². The first-order valence-electron chi connectivity index (χ1n) is 3.25. The van der Waals surface area contributed by atoms with Crippen LogP contribution in [-0.4, -0.2) is 21.3 Å². The van der Waals surface area contributed by atoms with Crippen LogP contribution in [0.1, 0.15) is 15.9 Å². The molecule has 0 unspecified atom stereocenters. The van der Waals surface area contributed by atoms with Gasteiger partial charge in [-0.1, -0.05) is 0 Å². The van der Waals surface area contributed by atoms with E-state index in [4.69, 9.17) is 20.6 Å². The molecule has 0 bridgehead atoms. The van der Waals surface area contributed by atoms with Crippen LogP contribution < -0.4 is 0 Å². The van der Waals surface area contributed by atoms with Crippen molar-refractivity contribution in [2.75, 3.05) is 0 Å². The van der Waals surface area contributed by atoms with Gasteiger partial charge >= 0.3 is 5.97 Å². The van der Waals surface area contributed by atoms with E-state index in [-0.39, 0.29) is 11.1 Å². The molecule has 0 radical (unpaired) electrons. The van der Waals surface area contributed by atoms with Crippen molar-refractivity contribution in [2.45, 2.75) is 0 Å². The highest BCUT2D eigenvalue weighted by Gasteiger charge is 2.12. The molecule has 0 aliphatic carbocycles. The summed E-state index contributed by atoms with van der Waals surface area (Å²) in [5, 5.41) is 35.0. The first kappa shape index (κ1) is 8.87. The predicted molar refractivity (Wildman–Crippen MR) is 41.4 cm³/mol. The average Bonchev–Trinajstić information content (AvgIpc) is 2.09. The summed E-state index contributed by atoms with van der Waals surface area (Å²) in [6.45, 7) is 0. The van der Waals surface area contributed by atoms with Crippen LogP contribution in [-0.2, 0) is 0 Å². The smallest absolute Gasteiger partial charge is 0.335 e. The summed E-state index contributed by atoms with van der Waals surface area (Å²) in [6.07, 6.45) is 0. The predicted octanol–water partition coefficient (Wildman–Crippen LogP) is 0.668. The van der Waals surface area contributed by atoms with E-state index in [0.29, 0.717) is 0 Å². The fourth-order valence-electron chi connectivity index (χ4n) is 0.828. The zero-order valence-corrected chi connectivity index (χ0v) is 6.35. The number of benzene rings is 1. The molecule has 0 aliphatic rings. The number of aromatic carboxylic acids is 1. The summed E-state index contributed by atoms with van der Waals surface area (Å²) in [5.41, 5.74) is -0.510. The number of hydrogen-bond acceptors (Lipinski definition) is 4. The number of carboxylic acid groups (broad SMARTS) is 1. The molecule has 0 saturated carbocycles. The number of nitrogens with zero attached hydrogens (tertiary/aromatic N) is 1. The third-order valence-electron chi connectivity index (χ3n) is 1.46. The summed E-state index contributed by atoms with van der Waals surface area (Å²) in [7, 11) is 0. The Kier molecular flexibility index (Phi) is 2.07. The minimum atomic E-state index is -1.27. The standard InChI is InChI=1S/C8H5NO4/c9-3-5-1-4(8(12)13)2-6(10)7(5)11/h1-2,10-11H,(H,12,13). The molecule has 1 aromatic carbocycles. The maximum atomic E-state index is 10.4. The van der Waals surface area contributed by atoms with E-state index < -0.39 is 17.5 Å². The molecular weight excluding hydrogens is 174 g/mol. The lowest BCUT2D eigenvalue weighted by Crippen LogP contribution is -1.96. The number of phenols is 2. The maximum absolute atomic E-state index is 10.4. The van der Waals surface area contributed by atoms with Crippen molar-refractivity contribution < 1.29 is 20.1 Å². The van der Waals surface area contributed by atoms with Crippen LogP contribution in [0.2, 0.25) is 0 Å². The molecule has 3 N–H and O–H groups in total. The minimum Gasteiger partial charge on any atom is -0.504 e. The van der Waals surface area contributed by atoms with Gasteiger partial charge in [0, 0.05) is 0 Å². The molecule has 66 valence electrons. The number of carboxylic acids is 1. The molecule has 0 aromatic heterocycles. The zero-order chi connectivity index (χ0) is 10.0. The van der Waals surface area contributed by atoms with Gasteiger partial charge in [-0.25, -0.2) is 4.79 Å². The second-order valence-corrected chi connectivity index (χ2v) is 2.31. The van der Waals surface area contributed by atoms with E-state index in [2.05, 4.69) is 0 Å². The quantitative estimate of drug-likeness (QED) is 0.550. The molecule has 5 heteroatoms. The molecule has 0 amide bonds. The highest BCUT2D eigenvalue weighted by Crippen LogP contribution is 2.29. The Labute approximate surface area is 73.1 Å². The molecule has 13 heavy (non-hydrogen) atoms. The van der Waals surface area contributed by atoms with Crippen LogP contribution in [0.4, 0.5) is 0 Å². The third-order valence-corrected chi connectivity index (χ3v) is 1.46. The molecule has 1 aromatic rings. The molecule has 0 atom stereocenters. The highest BCUT2D eigenvalue weighted by molar-refractivity contribution is 5.89. The summed E-state index contributed by atoms with van der Waals surface area (Å²) >= 11 is 0. The van der Waals surface area contributed by atoms with Crippen LogP contribution in [0, 0.1) is 11.3 Å². The Morgan fingerprint density at radius 2 is 2.00 bits per heavy atom. The van der Waals surface area contributed by atoms with Gasteiger partial charge in [-0.2, -0.15) is 5.26 Å². The Hall–Kier alpha value is -2.22. The van der Waals surface area contributed by atoms with Gasteiger partial charge in [-0.15, -0.1) is 0 Å². The average molecular weight is 179 g/mol. The van der Waals surface area contributed by atoms with Crippen molar-refractivity contribution in [1.82, 2.24) is 0 Å². The Balaban J connectivity index is 3.41. The molecule has 0 saturated heterocycles. The lowest BCUT2D eigenvalue weighted by molar-refractivity contribution is 0.0696. The molecular formula is C8H5NO4. The molecule has 0 fully saturated rings. The van der Waals surface area contributed by atoms with Crippen molar-refractivity contribution >= 4 is 5.97 Å². The van der Waals surface area contributed by atoms with Gasteiger partial charge in [0.2, 0.25) is 0 Å². The van der Waals surface area contributed by atoms with Crippen molar-refractivity contribution in [3.05, 3.63) is 23.3 Å². The zero-order valence-electron chi connectivity index (χ0n) is 6.35. The van der Waals surface area contributed by atoms with E-state index in [9.17, 15) is 4.79 Å². The summed E-state index contributed by atoms with van der Waals surface area (Å²) < 4.78 is 0. The van der Waals surface area contributed by atoms with Crippen LogP contribution in [0.25, 0.3) is 0 Å². The summed E-state index contributed by atoms with van der Waals surface area (Å²) in [4.78, 5) is 10.4. The number of aromatic hydroxyl groups is 2. The topological polar surface area (TPSA) is 102 Å². The molecule has 5 nitrogen and oxygen atoms in total. The van der Waals surface area contributed by atoms with Gasteiger partial charge in [0.15, 0.2) is 11.5 Å². The van der Waals surface area contributed by atoms with E-state index in [1.165, 1.54) is 0 Å². The normalized spacial score (nSPS) is 9.15. The fraction of sp³-hybridized carbons (Fsp3) is 0. The van der Waals surface area contributed by atoms with Crippen molar-refractivity contribution in [3.8, 4) is 17.6 Å². The second-order valence-electron chi connectivity index (χ2n) is 2.31. The maximum Gasteiger partial charge on any atom is 0.335 e. The number of hydrogen-bond donors (Lipinski definition) is 3. The third kappa shape index (κ3) is 1.51. The van der Waals surface area contributed by atoms with Crippen LogP contribution >= 0.6 is 0 Å². The lowest BCUT2D eigenvalue weighted by atomic mass is 10.1. The van der Waals surface area contributed by atoms with E-state index in [0.717, 1.165) is 12.1 Å². The van der Waals surface area contributed by atoms with Gasteiger partial charge in [0.05, 0.1) is 11.1 Å². The minimum absolute atomic E-state index is 0.244. The van der Waals surface area contributed by atoms with Crippen molar-refractivity contribution in [2.24, 2.45) is 0 Å². The monoisotopic (exact) mass is 179 g/mol. The first-order chi connectivity index (χ1) is 6.06. The number of carbonyl (C=O) groups is 1. The number of phenolic OH excluding ortho intramolecular Hbond substituents is 2. The number of nitriles is 1. The Bertz CT molecular complexity index is 405. The van der Waals surface area contributed by atoms with Gasteiger partial charge in [-0.05, 0) is 12.1 Å². The Morgan fingerprint density at radius 3 is 2.46 bits per heavy atom. The van der Waals surface area contributed by atoms with Crippen molar-refractivity contribution in [1.29, 1.82) is 5.26 Å². The van der Waals surface area contributed by atoms with Gasteiger partial charge in [-0.3, -0.25) is 0 Å². The lowest BCUT2D eigenvalue weighted by Gasteiger charge is -2.00. The number of rotatable bonds is 1. The van der Waals surface area contributed by atoms with Crippen LogP contribution in [0.15, 0.2) is 12.1 Å². The molecule has 1 rings (SSSR count). The van der Waals surface area contributed by atoms with Crippen molar-refractivity contribution in [3.63, 3.8) is 0 Å². The van der Waals surface area contributed by atoms with E-state index in [1.54, 1.807) is 6.07 Å². The Morgan fingerprint density at radius 1 is 1.38 bits per heavy atom. The first-order valence-corrected chi connectivity index (χ1v) is 3.25. The largest absolute Gasteiger partial charge is 0.504 e. The second kappa shape index (κ2) is 3.03. The van der Waals surface area contributed by atoms with E-state index in [1.807, 2.05) is 0 Å². The van der Waals surface area contributed by atoms with Gasteiger partial charge < -0.3 is 15.3 Å². The highest BCUT2D eigenvalue weighted by atomic mass is 16.4. The summed E-state index contributed by atoms with van der Waals surface area (Å²) in [6, 6.07) is 3.42. The van der Waals surface area contributed by atoms with Crippen LogP contribution in [0.3, 0.4) is 0 Å². The van der Waals surface area contributed by atoms with Crippen LogP contribution in [0.5, 0.6) is 11.5 Å². The van der Waals surface area contributed by atoms with E-state index >= 15 is 0 Å². The van der Waals surface area contributed by atoms with Gasteiger partial charge in [0.25, 0.3) is 0 Å². The molecule has 0 heterocycles. The SMILES string of the molecule is N#Cc1cc(C(=O)O)cc(O)c1O. The molecule has 0 aliphatic heterocycles. The fourth-order valence-corrected chi connectivity index (χ4v) is 0.828. The summed E-state index contributed by atoms with van der Waals surface area (Å²) in [5.74, 6) is -2.49. The molecule has 0 spiro atoms.